The molecule has 0 heterocycles. The van der Waals surface area contributed by atoms with Crippen molar-refractivity contribution < 1.29 is 22.6 Å². The Balaban J connectivity index is 0.00000392. The third-order valence-corrected chi connectivity index (χ3v) is 3.56. The first kappa shape index (κ1) is 24.0. The van der Waals surface area contributed by atoms with E-state index in [0.717, 1.165) is 16.7 Å². The largest absolute Gasteiger partial charge is 0.573 e. The standard InChI is InChI=1S/C19H22F3N3O2.HI/c1-2-26-13-16-5-3-14(4-6-16)11-24-18(23)25-12-15-7-9-17(10-8-15)27-19(20,21)22;/h3-10H,2,11-13H2,1H3,(H3,23,24,25);1H. The molecule has 0 saturated carbocycles. The number of halogens is 4. The third kappa shape index (κ3) is 9.27. The van der Waals surface area contributed by atoms with Gasteiger partial charge in [0.2, 0.25) is 0 Å². The first-order valence-electron chi connectivity index (χ1n) is 8.40. The summed E-state index contributed by atoms with van der Waals surface area (Å²) in [6.45, 7) is 3.97. The number of nitrogens with zero attached hydrogens (tertiary/aromatic N) is 1. The van der Waals surface area contributed by atoms with Crippen LogP contribution in [0.25, 0.3) is 0 Å². The van der Waals surface area contributed by atoms with E-state index in [4.69, 9.17) is 10.5 Å². The maximum absolute atomic E-state index is 12.1. The van der Waals surface area contributed by atoms with Crippen molar-refractivity contribution in [3.05, 3.63) is 65.2 Å². The minimum absolute atomic E-state index is 0. The normalized spacial score (nSPS) is 11.6. The van der Waals surface area contributed by atoms with E-state index < -0.39 is 6.36 Å². The lowest BCUT2D eigenvalue weighted by Gasteiger charge is -2.09. The molecule has 3 N–H and O–H groups in total. The number of nitrogens with two attached hydrogens (primary N) is 1. The highest BCUT2D eigenvalue weighted by molar-refractivity contribution is 14.0. The average Bonchev–Trinajstić information content (AvgIpc) is 2.63. The van der Waals surface area contributed by atoms with Crippen LogP contribution >= 0.6 is 24.0 Å². The zero-order valence-electron chi connectivity index (χ0n) is 15.3. The molecule has 2 aromatic carbocycles. The van der Waals surface area contributed by atoms with Crippen LogP contribution in [0.5, 0.6) is 5.75 Å². The fraction of sp³-hybridized carbons (Fsp3) is 0.316. The molecule has 0 radical (unpaired) electrons. The zero-order chi connectivity index (χ0) is 19.7. The van der Waals surface area contributed by atoms with Crippen molar-refractivity contribution >= 4 is 29.9 Å². The highest BCUT2D eigenvalue weighted by atomic mass is 127. The molecule has 2 rings (SSSR count). The Hall–Kier alpha value is -2.01. The number of guanidine groups is 1. The summed E-state index contributed by atoms with van der Waals surface area (Å²) in [6.07, 6.45) is -4.70. The molecule has 28 heavy (non-hydrogen) atoms. The second-order valence-electron chi connectivity index (χ2n) is 5.70. The van der Waals surface area contributed by atoms with E-state index in [9.17, 15) is 13.2 Å². The monoisotopic (exact) mass is 509 g/mol. The molecule has 0 spiro atoms. The molecule has 9 heteroatoms. The summed E-state index contributed by atoms with van der Waals surface area (Å²) in [6, 6.07) is 13.4. The van der Waals surface area contributed by atoms with Gasteiger partial charge >= 0.3 is 6.36 Å². The SMILES string of the molecule is CCOCc1ccc(CNC(N)=NCc2ccc(OC(F)(F)F)cc2)cc1.I. The van der Waals surface area contributed by atoms with Gasteiger partial charge in [-0.05, 0) is 35.7 Å². The van der Waals surface area contributed by atoms with Crippen LogP contribution in [0.3, 0.4) is 0 Å². The summed E-state index contributed by atoms with van der Waals surface area (Å²) in [4.78, 5) is 4.17. The first-order chi connectivity index (χ1) is 12.9. The van der Waals surface area contributed by atoms with E-state index in [1.54, 1.807) is 0 Å². The molecule has 0 aliphatic carbocycles. The van der Waals surface area contributed by atoms with Crippen LogP contribution in [0.4, 0.5) is 13.2 Å². The Bertz CT molecular complexity index is 736. The van der Waals surface area contributed by atoms with Gasteiger partial charge in [0.15, 0.2) is 5.96 Å². The molecule has 0 amide bonds. The van der Waals surface area contributed by atoms with Gasteiger partial charge in [-0.3, -0.25) is 0 Å². The summed E-state index contributed by atoms with van der Waals surface area (Å²) in [7, 11) is 0. The second-order valence-corrected chi connectivity index (χ2v) is 5.70. The zero-order valence-corrected chi connectivity index (χ0v) is 17.7. The molecule has 0 unspecified atom stereocenters. The van der Waals surface area contributed by atoms with Crippen molar-refractivity contribution in [2.45, 2.75) is 33.0 Å². The summed E-state index contributed by atoms with van der Waals surface area (Å²) < 4.78 is 45.5. The second kappa shape index (κ2) is 11.7. The molecule has 0 fully saturated rings. The smallest absolute Gasteiger partial charge is 0.406 e. The molecule has 0 aromatic heterocycles. The van der Waals surface area contributed by atoms with Crippen LogP contribution in [0.2, 0.25) is 0 Å². The van der Waals surface area contributed by atoms with E-state index in [0.29, 0.717) is 19.8 Å². The van der Waals surface area contributed by atoms with Crippen LogP contribution in [0.15, 0.2) is 53.5 Å². The first-order valence-corrected chi connectivity index (χ1v) is 8.40. The maximum atomic E-state index is 12.1. The molecule has 154 valence electrons. The highest BCUT2D eigenvalue weighted by Gasteiger charge is 2.30. The Kier molecular flexibility index (Phi) is 10.1. The number of aliphatic imine (C=N–C) groups is 1. The molecule has 5 nitrogen and oxygen atoms in total. The van der Waals surface area contributed by atoms with Crippen molar-refractivity contribution in [3.8, 4) is 5.75 Å². The van der Waals surface area contributed by atoms with Crippen LogP contribution < -0.4 is 15.8 Å². The number of benzene rings is 2. The molecule has 0 aliphatic rings. The van der Waals surface area contributed by atoms with Gasteiger partial charge in [-0.1, -0.05) is 36.4 Å². The number of nitrogens with one attached hydrogen (secondary N) is 1. The van der Waals surface area contributed by atoms with Crippen molar-refractivity contribution in [2.24, 2.45) is 10.7 Å². The van der Waals surface area contributed by atoms with Gasteiger partial charge in [0, 0.05) is 13.2 Å². The molecule has 0 aliphatic heterocycles. The lowest BCUT2D eigenvalue weighted by molar-refractivity contribution is -0.274. The van der Waals surface area contributed by atoms with Crippen molar-refractivity contribution in [3.63, 3.8) is 0 Å². The predicted molar refractivity (Wildman–Crippen MR) is 112 cm³/mol. The Morgan fingerprint density at radius 2 is 1.57 bits per heavy atom. The van der Waals surface area contributed by atoms with E-state index in [1.807, 2.05) is 31.2 Å². The summed E-state index contributed by atoms with van der Waals surface area (Å²) in [5.74, 6) is -0.0156. The van der Waals surface area contributed by atoms with E-state index in [1.165, 1.54) is 24.3 Å². The fourth-order valence-electron chi connectivity index (χ4n) is 2.19. The van der Waals surface area contributed by atoms with Crippen molar-refractivity contribution in [2.75, 3.05) is 6.61 Å². The minimum Gasteiger partial charge on any atom is -0.406 e. The molecule has 0 saturated heterocycles. The number of alkyl halides is 3. The average molecular weight is 509 g/mol. The number of ether oxygens (including phenoxy) is 2. The van der Waals surface area contributed by atoms with E-state index >= 15 is 0 Å². The van der Waals surface area contributed by atoms with E-state index in [-0.39, 0.29) is 42.2 Å². The van der Waals surface area contributed by atoms with Gasteiger partial charge in [0.1, 0.15) is 5.75 Å². The van der Waals surface area contributed by atoms with Gasteiger partial charge in [-0.25, -0.2) is 4.99 Å². The third-order valence-electron chi connectivity index (χ3n) is 3.56. The van der Waals surface area contributed by atoms with Gasteiger partial charge < -0.3 is 20.5 Å². The predicted octanol–water partition coefficient (Wildman–Crippen LogP) is 4.34. The highest BCUT2D eigenvalue weighted by Crippen LogP contribution is 2.22. The van der Waals surface area contributed by atoms with Crippen LogP contribution in [-0.2, 0) is 24.4 Å². The lowest BCUT2D eigenvalue weighted by atomic mass is 10.1. The van der Waals surface area contributed by atoms with Gasteiger partial charge in [0.05, 0.1) is 13.2 Å². The number of rotatable bonds is 8. The van der Waals surface area contributed by atoms with Gasteiger partial charge in [-0.15, -0.1) is 37.1 Å². The molecular weight excluding hydrogens is 486 g/mol. The minimum atomic E-state index is -4.70. The summed E-state index contributed by atoms with van der Waals surface area (Å²) >= 11 is 0. The number of hydrogen-bond acceptors (Lipinski definition) is 3. The quantitative estimate of drug-likeness (QED) is 0.316. The van der Waals surface area contributed by atoms with E-state index in [2.05, 4.69) is 15.0 Å². The lowest BCUT2D eigenvalue weighted by Crippen LogP contribution is -2.31. The van der Waals surface area contributed by atoms with Crippen LogP contribution in [0, 0.1) is 0 Å². The van der Waals surface area contributed by atoms with Crippen LogP contribution in [0.1, 0.15) is 23.6 Å². The molecular formula is C19H23F3IN3O2. The molecule has 2 aromatic rings. The van der Waals surface area contributed by atoms with Crippen LogP contribution in [-0.4, -0.2) is 18.9 Å². The molecule has 0 atom stereocenters. The summed E-state index contributed by atoms with van der Waals surface area (Å²) in [5, 5.41) is 3.00. The maximum Gasteiger partial charge on any atom is 0.573 e. The van der Waals surface area contributed by atoms with Crippen molar-refractivity contribution in [1.82, 2.24) is 5.32 Å². The Morgan fingerprint density at radius 1 is 1.00 bits per heavy atom. The Morgan fingerprint density at radius 3 is 2.14 bits per heavy atom. The van der Waals surface area contributed by atoms with Crippen molar-refractivity contribution in [1.29, 1.82) is 0 Å². The summed E-state index contributed by atoms with van der Waals surface area (Å²) in [5.41, 5.74) is 8.68. The Labute approximate surface area is 179 Å². The van der Waals surface area contributed by atoms with Gasteiger partial charge in [-0.2, -0.15) is 0 Å². The number of hydrogen-bond donors (Lipinski definition) is 2. The fourth-order valence-corrected chi connectivity index (χ4v) is 2.19. The topological polar surface area (TPSA) is 68.9 Å². The van der Waals surface area contributed by atoms with Gasteiger partial charge in [0.25, 0.3) is 0 Å². The molecule has 0 bridgehead atoms.